The van der Waals surface area contributed by atoms with Crippen molar-refractivity contribution in [2.24, 2.45) is 0 Å². The topological polar surface area (TPSA) is 59.8 Å². The number of hydrogen-bond donors (Lipinski definition) is 1. The van der Waals surface area contributed by atoms with E-state index >= 15 is 0 Å². The minimum Gasteiger partial charge on any atom is -0.322 e. The lowest BCUT2D eigenvalue weighted by molar-refractivity contribution is 0.102. The smallest absolute Gasteiger partial charge is 0.255 e. The largest absolute Gasteiger partial charge is 0.322 e. The lowest BCUT2D eigenvalue weighted by Gasteiger charge is -2.07. The summed E-state index contributed by atoms with van der Waals surface area (Å²) in [6.45, 7) is 0. The van der Waals surface area contributed by atoms with Gasteiger partial charge >= 0.3 is 0 Å². The molecule has 0 unspecified atom stereocenters. The van der Waals surface area contributed by atoms with Gasteiger partial charge in [0.15, 0.2) is 0 Å². The first kappa shape index (κ1) is 13.5. The molecule has 104 valence electrons. The molecule has 0 radical (unpaired) electrons. The van der Waals surface area contributed by atoms with Crippen LogP contribution in [0.5, 0.6) is 0 Å². The number of nitrogens with one attached hydrogen (secondary N) is 1. The number of aromatic nitrogens is 3. The predicted octanol–water partition coefficient (Wildman–Crippen LogP) is 3.28. The molecule has 2 heterocycles. The number of carbonyl (C=O) groups is 1. The molecule has 1 N–H and O–H groups in total. The van der Waals surface area contributed by atoms with E-state index in [0.29, 0.717) is 10.2 Å². The van der Waals surface area contributed by atoms with Crippen LogP contribution < -0.4 is 5.32 Å². The zero-order valence-corrected chi connectivity index (χ0v) is 12.5. The van der Waals surface area contributed by atoms with Crippen LogP contribution in [-0.2, 0) is 0 Å². The van der Waals surface area contributed by atoms with Crippen LogP contribution in [0, 0.1) is 0 Å². The van der Waals surface area contributed by atoms with Crippen molar-refractivity contribution in [2.45, 2.75) is 0 Å². The normalized spacial score (nSPS) is 10.3. The van der Waals surface area contributed by atoms with Crippen molar-refractivity contribution < 1.29 is 4.79 Å². The summed E-state index contributed by atoms with van der Waals surface area (Å²) >= 11 is 3.25. The van der Waals surface area contributed by atoms with Crippen molar-refractivity contribution >= 4 is 27.5 Å². The van der Waals surface area contributed by atoms with Gasteiger partial charge in [-0.1, -0.05) is 0 Å². The van der Waals surface area contributed by atoms with Crippen LogP contribution in [0.1, 0.15) is 10.4 Å². The molecule has 2 aromatic heterocycles. The number of nitrogens with zero attached hydrogens (tertiary/aromatic N) is 3. The molecule has 0 spiro atoms. The maximum atomic E-state index is 12.1. The fraction of sp³-hybridized carbons (Fsp3) is 0. The fourth-order valence-corrected chi connectivity index (χ4v) is 2.23. The van der Waals surface area contributed by atoms with Crippen LogP contribution >= 0.6 is 15.9 Å². The number of rotatable bonds is 3. The Morgan fingerprint density at radius 2 is 1.95 bits per heavy atom. The van der Waals surface area contributed by atoms with Gasteiger partial charge in [0.05, 0.1) is 5.69 Å². The van der Waals surface area contributed by atoms with E-state index in [2.05, 4.69) is 31.3 Å². The summed E-state index contributed by atoms with van der Waals surface area (Å²) in [5.41, 5.74) is 2.21. The predicted molar refractivity (Wildman–Crippen MR) is 83.5 cm³/mol. The highest BCUT2D eigenvalue weighted by Crippen LogP contribution is 2.15. The average molecular weight is 343 g/mol. The molecule has 0 aliphatic rings. The quantitative estimate of drug-likeness (QED) is 0.743. The minimum absolute atomic E-state index is 0.176. The van der Waals surface area contributed by atoms with Gasteiger partial charge in [0.25, 0.3) is 5.91 Å². The van der Waals surface area contributed by atoms with Gasteiger partial charge < -0.3 is 5.32 Å². The third-order valence-electron chi connectivity index (χ3n) is 2.88. The molecule has 0 fully saturated rings. The van der Waals surface area contributed by atoms with E-state index in [1.165, 1.54) is 0 Å². The molecule has 5 nitrogen and oxygen atoms in total. The molecule has 1 amide bonds. The second-order valence-electron chi connectivity index (χ2n) is 4.32. The third kappa shape index (κ3) is 3.17. The molecule has 0 atom stereocenters. The number of carbonyl (C=O) groups excluding carboxylic acids is 1. The highest BCUT2D eigenvalue weighted by Gasteiger charge is 2.07. The van der Waals surface area contributed by atoms with Gasteiger partial charge in [0.2, 0.25) is 0 Å². The maximum absolute atomic E-state index is 12.1. The summed E-state index contributed by atoms with van der Waals surface area (Å²) in [5, 5.41) is 6.99. The van der Waals surface area contributed by atoms with Gasteiger partial charge in [-0.25, -0.2) is 9.67 Å². The summed E-state index contributed by atoms with van der Waals surface area (Å²) in [6, 6.07) is 12.7. The minimum atomic E-state index is -0.176. The Kier molecular flexibility index (Phi) is 3.79. The molecule has 0 bridgehead atoms. The van der Waals surface area contributed by atoms with Crippen LogP contribution in [0.3, 0.4) is 0 Å². The maximum Gasteiger partial charge on any atom is 0.255 e. The van der Waals surface area contributed by atoms with E-state index < -0.39 is 0 Å². The number of halogens is 1. The second-order valence-corrected chi connectivity index (χ2v) is 5.13. The van der Waals surface area contributed by atoms with Gasteiger partial charge in [-0.05, 0) is 58.4 Å². The SMILES string of the molecule is O=C(Nc1ccc(-n2cccn2)cc1)c1ccnc(Br)c1. The summed E-state index contributed by atoms with van der Waals surface area (Å²) in [4.78, 5) is 16.1. The first-order valence-corrected chi connectivity index (χ1v) is 7.05. The van der Waals surface area contributed by atoms with E-state index in [-0.39, 0.29) is 5.91 Å². The highest BCUT2D eigenvalue weighted by molar-refractivity contribution is 9.10. The molecule has 0 saturated carbocycles. The van der Waals surface area contributed by atoms with Gasteiger partial charge in [-0.3, -0.25) is 4.79 Å². The fourth-order valence-electron chi connectivity index (χ4n) is 1.87. The second kappa shape index (κ2) is 5.88. The standard InChI is InChI=1S/C15H11BrN4O/c16-14-10-11(6-8-17-14)15(21)19-12-2-4-13(5-3-12)20-9-1-7-18-20/h1-10H,(H,19,21). The lowest BCUT2D eigenvalue weighted by Crippen LogP contribution is -2.12. The molecule has 21 heavy (non-hydrogen) atoms. The van der Waals surface area contributed by atoms with Crippen molar-refractivity contribution in [3.05, 3.63) is 71.2 Å². The van der Waals surface area contributed by atoms with Crippen LogP contribution in [0.25, 0.3) is 5.69 Å². The van der Waals surface area contributed by atoms with Crippen molar-refractivity contribution in [3.8, 4) is 5.69 Å². The zero-order valence-electron chi connectivity index (χ0n) is 10.9. The first-order valence-electron chi connectivity index (χ1n) is 6.25. The number of hydrogen-bond acceptors (Lipinski definition) is 3. The van der Waals surface area contributed by atoms with Gasteiger partial charge in [0.1, 0.15) is 4.60 Å². The van der Waals surface area contributed by atoms with Gasteiger partial charge in [0, 0.05) is 29.8 Å². The summed E-state index contributed by atoms with van der Waals surface area (Å²) in [5.74, 6) is -0.176. The third-order valence-corrected chi connectivity index (χ3v) is 3.32. The number of benzene rings is 1. The molecule has 3 rings (SSSR count). The summed E-state index contributed by atoms with van der Waals surface area (Å²) < 4.78 is 2.38. The summed E-state index contributed by atoms with van der Waals surface area (Å²) in [6.07, 6.45) is 5.17. The van der Waals surface area contributed by atoms with Gasteiger partial charge in [-0.15, -0.1) is 0 Å². The average Bonchev–Trinajstić information content (AvgIpc) is 3.02. The van der Waals surface area contributed by atoms with Crippen LogP contribution in [0.2, 0.25) is 0 Å². The molecule has 1 aromatic carbocycles. The van der Waals surface area contributed by atoms with E-state index in [1.807, 2.05) is 36.5 Å². The first-order chi connectivity index (χ1) is 10.2. The number of amides is 1. The Morgan fingerprint density at radius 1 is 1.14 bits per heavy atom. The Morgan fingerprint density at radius 3 is 2.62 bits per heavy atom. The van der Waals surface area contributed by atoms with E-state index in [4.69, 9.17) is 0 Å². The molecule has 6 heteroatoms. The van der Waals surface area contributed by atoms with Crippen molar-refractivity contribution in [1.29, 1.82) is 0 Å². The Labute approximate surface area is 129 Å². The molecule has 3 aromatic rings. The van der Waals surface area contributed by atoms with E-state index in [0.717, 1.165) is 11.4 Å². The Bertz CT molecular complexity index is 754. The van der Waals surface area contributed by atoms with Crippen molar-refractivity contribution in [1.82, 2.24) is 14.8 Å². The van der Waals surface area contributed by atoms with E-state index in [1.54, 1.807) is 29.2 Å². The van der Waals surface area contributed by atoms with E-state index in [9.17, 15) is 4.79 Å². The zero-order chi connectivity index (χ0) is 14.7. The van der Waals surface area contributed by atoms with Crippen LogP contribution in [-0.4, -0.2) is 20.7 Å². The van der Waals surface area contributed by atoms with Crippen molar-refractivity contribution in [3.63, 3.8) is 0 Å². The van der Waals surface area contributed by atoms with Crippen molar-refractivity contribution in [2.75, 3.05) is 5.32 Å². The monoisotopic (exact) mass is 342 g/mol. The Hall–Kier alpha value is -2.47. The molecule has 0 saturated heterocycles. The number of anilines is 1. The van der Waals surface area contributed by atoms with Gasteiger partial charge in [-0.2, -0.15) is 5.10 Å². The molecular weight excluding hydrogens is 332 g/mol. The van der Waals surface area contributed by atoms with Crippen LogP contribution in [0.4, 0.5) is 5.69 Å². The summed E-state index contributed by atoms with van der Waals surface area (Å²) in [7, 11) is 0. The number of pyridine rings is 1. The van der Waals surface area contributed by atoms with Crippen LogP contribution in [0.15, 0.2) is 65.7 Å². The molecule has 0 aliphatic heterocycles. The Balaban J connectivity index is 1.75. The molecular formula is C15H11BrN4O. The molecule has 0 aliphatic carbocycles. The lowest BCUT2D eigenvalue weighted by atomic mass is 10.2. The highest BCUT2D eigenvalue weighted by atomic mass is 79.9.